The molecule has 2 fully saturated rings. The van der Waals surface area contributed by atoms with Crippen LogP contribution in [0.2, 0.25) is 0 Å². The average Bonchev–Trinajstić information content (AvgIpc) is 3.40. The van der Waals surface area contributed by atoms with Crippen molar-refractivity contribution < 1.29 is 19.1 Å². The van der Waals surface area contributed by atoms with Gasteiger partial charge in [0.2, 0.25) is 5.91 Å². The molecule has 0 bridgehead atoms. The number of hydrogen-bond donors (Lipinski definition) is 2. The summed E-state index contributed by atoms with van der Waals surface area (Å²) in [7, 11) is 0. The molecule has 1 aromatic carbocycles. The Kier molecular flexibility index (Phi) is 6.16. The highest BCUT2D eigenvalue weighted by Gasteiger charge is 2.45. The normalized spacial score (nSPS) is 21.1. The van der Waals surface area contributed by atoms with Gasteiger partial charge in [0.25, 0.3) is 11.8 Å². The lowest BCUT2D eigenvalue weighted by molar-refractivity contribution is -0.125. The Balaban J connectivity index is 1.25. The van der Waals surface area contributed by atoms with Crippen molar-refractivity contribution in [3.8, 4) is 0 Å². The molecule has 1 atom stereocenters. The van der Waals surface area contributed by atoms with Gasteiger partial charge in [0.1, 0.15) is 6.04 Å². The number of hydrogen-bond acceptors (Lipinski definition) is 7. The molecular weight excluding hydrogens is 436 g/mol. The van der Waals surface area contributed by atoms with Crippen molar-refractivity contribution in [1.29, 1.82) is 0 Å². The number of aromatic nitrogens is 2. The number of imide groups is 1. The van der Waals surface area contributed by atoms with Crippen LogP contribution in [0.1, 0.15) is 39.1 Å². The summed E-state index contributed by atoms with van der Waals surface area (Å²) in [5.41, 5.74) is 2.77. The number of carbonyl (C=O) groups excluding carboxylic acids is 3. The molecule has 178 valence electrons. The highest BCUT2D eigenvalue weighted by molar-refractivity contribution is 6.25. The molecule has 3 aliphatic rings. The first-order valence-corrected chi connectivity index (χ1v) is 11.6. The molecule has 0 aliphatic carbocycles. The molecule has 3 amide bonds. The first kappa shape index (κ1) is 22.3. The van der Waals surface area contributed by atoms with E-state index in [4.69, 9.17) is 4.74 Å². The number of rotatable bonds is 7. The fourth-order valence-electron chi connectivity index (χ4n) is 4.63. The van der Waals surface area contributed by atoms with E-state index in [-0.39, 0.29) is 5.91 Å². The maximum atomic E-state index is 13.2. The number of ether oxygens (including phenoxy) is 1. The van der Waals surface area contributed by atoms with Gasteiger partial charge in [-0.1, -0.05) is 12.6 Å². The average molecular weight is 465 g/mol. The lowest BCUT2D eigenvalue weighted by atomic mass is 10.0. The van der Waals surface area contributed by atoms with Crippen LogP contribution in [0, 0.1) is 0 Å². The summed E-state index contributed by atoms with van der Waals surface area (Å²) in [5, 5.41) is 10.4. The number of piperidine rings is 1. The highest BCUT2D eigenvalue weighted by atomic mass is 16.5. The molecule has 2 N–H and O–H groups in total. The summed E-state index contributed by atoms with van der Waals surface area (Å²) in [6, 6.07) is 4.32. The topological polar surface area (TPSA) is 109 Å². The maximum absolute atomic E-state index is 13.2. The van der Waals surface area contributed by atoms with Crippen LogP contribution in [-0.2, 0) is 22.6 Å². The van der Waals surface area contributed by atoms with E-state index in [9.17, 15) is 14.4 Å². The zero-order chi connectivity index (χ0) is 23.7. The summed E-state index contributed by atoms with van der Waals surface area (Å²) in [6.07, 6.45) is 4.69. The molecule has 0 saturated carbocycles. The maximum Gasteiger partial charge on any atom is 0.264 e. The van der Waals surface area contributed by atoms with Crippen molar-refractivity contribution in [2.45, 2.75) is 32.0 Å². The van der Waals surface area contributed by atoms with Crippen LogP contribution < -0.4 is 10.6 Å². The van der Waals surface area contributed by atoms with E-state index >= 15 is 0 Å². The molecule has 4 heterocycles. The van der Waals surface area contributed by atoms with E-state index in [0.717, 1.165) is 49.9 Å². The van der Waals surface area contributed by atoms with Crippen LogP contribution in [0.3, 0.4) is 0 Å². The number of nitrogens with zero attached hydrogens (tertiary/aromatic N) is 4. The Hall–Kier alpha value is -3.50. The number of fused-ring (bicyclic) bond motifs is 1. The predicted octanol–water partition coefficient (Wildman–Crippen LogP) is 1.22. The molecular formula is C24H28N6O4. The van der Waals surface area contributed by atoms with Gasteiger partial charge in [-0.25, -0.2) is 0 Å². The fourth-order valence-corrected chi connectivity index (χ4v) is 4.63. The van der Waals surface area contributed by atoms with E-state index in [1.165, 1.54) is 0 Å². The fraction of sp³-hybridized carbons (Fsp3) is 0.417. The van der Waals surface area contributed by atoms with Gasteiger partial charge >= 0.3 is 0 Å². The Morgan fingerprint density at radius 1 is 1.15 bits per heavy atom. The third-order valence-corrected chi connectivity index (χ3v) is 6.50. The van der Waals surface area contributed by atoms with E-state index in [0.29, 0.717) is 41.9 Å². The number of anilines is 1. The van der Waals surface area contributed by atoms with E-state index in [1.54, 1.807) is 24.4 Å². The van der Waals surface area contributed by atoms with Gasteiger partial charge in [-0.3, -0.25) is 28.9 Å². The smallest absolute Gasteiger partial charge is 0.264 e. The van der Waals surface area contributed by atoms with Crippen LogP contribution in [-0.4, -0.2) is 76.2 Å². The Morgan fingerprint density at radius 3 is 2.76 bits per heavy atom. The van der Waals surface area contributed by atoms with Gasteiger partial charge < -0.3 is 15.4 Å². The molecule has 1 unspecified atom stereocenters. The molecule has 2 aromatic rings. The van der Waals surface area contributed by atoms with Crippen molar-refractivity contribution in [1.82, 2.24) is 24.9 Å². The number of nitrogens with one attached hydrogen (secondary N) is 2. The Morgan fingerprint density at radius 2 is 1.97 bits per heavy atom. The van der Waals surface area contributed by atoms with Crippen molar-refractivity contribution in [2.75, 3.05) is 38.2 Å². The zero-order valence-corrected chi connectivity index (χ0v) is 19.0. The van der Waals surface area contributed by atoms with Gasteiger partial charge in [0, 0.05) is 49.3 Å². The number of benzene rings is 1. The van der Waals surface area contributed by atoms with Crippen LogP contribution in [0.25, 0.3) is 0 Å². The predicted molar refractivity (Wildman–Crippen MR) is 124 cm³/mol. The second-order valence-electron chi connectivity index (χ2n) is 8.77. The van der Waals surface area contributed by atoms with Crippen molar-refractivity contribution in [3.05, 3.63) is 59.6 Å². The van der Waals surface area contributed by atoms with Crippen LogP contribution >= 0.6 is 0 Å². The van der Waals surface area contributed by atoms with Gasteiger partial charge in [-0.05, 0) is 25.0 Å². The largest absolute Gasteiger partial charge is 0.380 e. The highest BCUT2D eigenvalue weighted by Crippen LogP contribution is 2.33. The molecule has 5 rings (SSSR count). The zero-order valence-electron chi connectivity index (χ0n) is 19.0. The summed E-state index contributed by atoms with van der Waals surface area (Å²) < 4.78 is 7.29. The summed E-state index contributed by atoms with van der Waals surface area (Å²) in [5.74, 6) is -1.26. The lowest BCUT2D eigenvalue weighted by Crippen LogP contribution is -2.51. The van der Waals surface area contributed by atoms with Crippen LogP contribution in [0.5, 0.6) is 0 Å². The van der Waals surface area contributed by atoms with E-state index in [2.05, 4.69) is 27.2 Å². The van der Waals surface area contributed by atoms with Crippen molar-refractivity contribution in [3.63, 3.8) is 0 Å². The third-order valence-electron chi connectivity index (χ3n) is 6.50. The molecule has 3 aliphatic heterocycles. The van der Waals surface area contributed by atoms with Crippen molar-refractivity contribution >= 4 is 23.4 Å². The lowest BCUT2D eigenvalue weighted by Gasteiger charge is -2.29. The van der Waals surface area contributed by atoms with Gasteiger partial charge in [0.15, 0.2) is 0 Å². The molecule has 10 nitrogen and oxygen atoms in total. The second kappa shape index (κ2) is 9.40. The standard InChI is InChI=1S/C24H28N6O4/c1-16-5-6-20(22(31)27-16)30-23(32)18-3-2-4-19(21(18)24(30)33)25-13-17-14-26-29(15-17)8-7-28-9-11-34-12-10-28/h2-4,14-15,20,25H,1,5-13H2,(H,27,31). The molecule has 0 spiro atoms. The minimum absolute atomic E-state index is 0.310. The molecule has 34 heavy (non-hydrogen) atoms. The minimum atomic E-state index is -0.824. The first-order valence-electron chi connectivity index (χ1n) is 11.6. The van der Waals surface area contributed by atoms with Crippen LogP contribution in [0.15, 0.2) is 42.9 Å². The SMILES string of the molecule is C=C1CCC(N2C(=O)c3cccc(NCc4cnn(CCN5CCOCC5)c4)c3C2=O)C(=O)N1. The van der Waals surface area contributed by atoms with E-state index in [1.807, 2.05) is 10.9 Å². The number of allylic oxidation sites excluding steroid dienone is 1. The summed E-state index contributed by atoms with van der Waals surface area (Å²) in [4.78, 5) is 42.1. The molecule has 2 saturated heterocycles. The quantitative estimate of drug-likeness (QED) is 0.593. The number of carbonyl (C=O) groups is 3. The Bertz CT molecular complexity index is 1140. The second-order valence-corrected chi connectivity index (χ2v) is 8.77. The van der Waals surface area contributed by atoms with E-state index < -0.39 is 17.9 Å². The summed E-state index contributed by atoms with van der Waals surface area (Å²) >= 11 is 0. The molecule has 1 aromatic heterocycles. The monoisotopic (exact) mass is 464 g/mol. The van der Waals surface area contributed by atoms with Gasteiger partial charge in [-0.2, -0.15) is 5.10 Å². The number of amides is 3. The van der Waals surface area contributed by atoms with Gasteiger partial charge in [0.05, 0.1) is 37.1 Å². The summed E-state index contributed by atoms with van der Waals surface area (Å²) in [6.45, 7) is 9.35. The Labute approximate surface area is 197 Å². The number of morpholine rings is 1. The first-order chi connectivity index (χ1) is 16.5. The molecule has 10 heteroatoms. The van der Waals surface area contributed by atoms with Crippen molar-refractivity contribution in [2.24, 2.45) is 0 Å². The van der Waals surface area contributed by atoms with Crippen LogP contribution in [0.4, 0.5) is 5.69 Å². The third kappa shape index (κ3) is 4.34. The minimum Gasteiger partial charge on any atom is -0.380 e. The van der Waals surface area contributed by atoms with Gasteiger partial charge in [-0.15, -0.1) is 0 Å². The molecule has 0 radical (unpaired) electrons.